The van der Waals surface area contributed by atoms with Crippen LogP contribution in [0.1, 0.15) is 69.8 Å². The summed E-state index contributed by atoms with van der Waals surface area (Å²) >= 11 is 0. The summed E-state index contributed by atoms with van der Waals surface area (Å²) < 4.78 is 0. The Balaban J connectivity index is 1.25. The van der Waals surface area contributed by atoms with Gasteiger partial charge in [-0.2, -0.15) is 0 Å². The van der Waals surface area contributed by atoms with Crippen molar-refractivity contribution >= 4 is 23.3 Å². The first kappa shape index (κ1) is 20.7. The molecular weight excluding hydrogens is 390 g/mol. The third kappa shape index (κ3) is 3.13. The summed E-state index contributed by atoms with van der Waals surface area (Å²) in [6, 6.07) is 6.78. The van der Waals surface area contributed by atoms with Crippen LogP contribution in [0.15, 0.2) is 18.2 Å². The zero-order chi connectivity index (χ0) is 21.8. The topological polar surface area (TPSA) is 72.9 Å². The van der Waals surface area contributed by atoms with E-state index in [1.807, 2.05) is 11.8 Å². The molecule has 2 saturated carbocycles. The van der Waals surface area contributed by atoms with Gasteiger partial charge in [0.25, 0.3) is 0 Å². The Morgan fingerprint density at radius 2 is 1.87 bits per heavy atom. The van der Waals surface area contributed by atoms with Crippen LogP contribution in [-0.4, -0.2) is 48.7 Å². The minimum Gasteiger partial charge on any atom is -0.481 e. The van der Waals surface area contributed by atoms with Gasteiger partial charge in [-0.1, -0.05) is 13.0 Å². The van der Waals surface area contributed by atoms with Crippen molar-refractivity contribution < 1.29 is 14.7 Å². The third-order valence-corrected chi connectivity index (χ3v) is 9.03. The van der Waals surface area contributed by atoms with Crippen LogP contribution in [0.5, 0.6) is 0 Å². The summed E-state index contributed by atoms with van der Waals surface area (Å²) in [5.74, 6) is 0.412. The van der Waals surface area contributed by atoms with Crippen molar-refractivity contribution in [3.05, 3.63) is 23.8 Å². The Morgan fingerprint density at radius 3 is 2.52 bits per heavy atom. The van der Waals surface area contributed by atoms with E-state index in [9.17, 15) is 14.7 Å². The first-order valence-corrected chi connectivity index (χ1v) is 12.0. The average Bonchev–Trinajstić information content (AvgIpc) is 3.30. The van der Waals surface area contributed by atoms with Gasteiger partial charge in [0.1, 0.15) is 0 Å². The Morgan fingerprint density at radius 1 is 1.16 bits per heavy atom. The van der Waals surface area contributed by atoms with Crippen LogP contribution in [0.25, 0.3) is 0 Å². The highest BCUT2D eigenvalue weighted by Crippen LogP contribution is 2.74. The first-order valence-electron chi connectivity index (χ1n) is 12.0. The molecule has 1 spiro atoms. The lowest BCUT2D eigenvalue weighted by Crippen LogP contribution is -2.43. The summed E-state index contributed by atoms with van der Waals surface area (Å²) in [6.45, 7) is 4.22. The second kappa shape index (κ2) is 7.42. The van der Waals surface area contributed by atoms with Crippen molar-refractivity contribution in [2.75, 3.05) is 37.0 Å². The molecule has 31 heavy (non-hydrogen) atoms. The van der Waals surface area contributed by atoms with Crippen LogP contribution in [0, 0.1) is 16.7 Å². The lowest BCUT2D eigenvalue weighted by molar-refractivity contribution is -0.149. The van der Waals surface area contributed by atoms with Gasteiger partial charge in [-0.15, -0.1) is 0 Å². The molecule has 0 radical (unpaired) electrons. The number of anilines is 2. The van der Waals surface area contributed by atoms with E-state index in [0.29, 0.717) is 12.3 Å². The fourth-order valence-electron chi connectivity index (χ4n) is 7.07. The van der Waals surface area contributed by atoms with Crippen LogP contribution < -0.4 is 10.2 Å². The maximum absolute atomic E-state index is 12.5. The molecule has 0 aromatic heterocycles. The number of nitrogens with one attached hydrogen (secondary N) is 1. The fraction of sp³-hybridized carbons (Fsp3) is 0.680. The Bertz CT molecular complexity index is 884. The molecule has 2 aliphatic carbocycles. The van der Waals surface area contributed by atoms with Gasteiger partial charge in [0.2, 0.25) is 5.91 Å². The number of nitrogens with zero attached hydrogens (tertiary/aromatic N) is 2. The zero-order valence-corrected chi connectivity index (χ0v) is 18.8. The lowest BCUT2D eigenvalue weighted by atomic mass is 9.68. The summed E-state index contributed by atoms with van der Waals surface area (Å²) in [6.07, 6.45) is 7.21. The molecule has 1 aromatic rings. The Hall–Kier alpha value is -2.24. The minimum absolute atomic E-state index is 0.0804. The SMILES string of the molecule is CCC(=O)N1CCC2(CC1)C[C@]2(C(=O)O)C1CCC(c2ccc3c(c2)NCN3C)CC1. The van der Waals surface area contributed by atoms with Gasteiger partial charge < -0.3 is 20.2 Å². The molecule has 3 fully saturated rings. The summed E-state index contributed by atoms with van der Waals surface area (Å²) in [7, 11) is 2.10. The van der Waals surface area contributed by atoms with Crippen molar-refractivity contribution in [3.63, 3.8) is 0 Å². The summed E-state index contributed by atoms with van der Waals surface area (Å²) in [5.41, 5.74) is 3.24. The standard InChI is InChI=1S/C25H35N3O3/c1-3-22(29)28-12-10-24(11-13-28)15-25(24,23(30)31)19-7-4-17(5-8-19)18-6-9-21-20(14-18)26-16-27(21)2/h6,9,14,17,19,26H,3-5,7-8,10-13,15-16H2,1-2H3,(H,30,31)/t17?,19?,25-/m1/s1. The van der Waals surface area contributed by atoms with E-state index >= 15 is 0 Å². The fourth-order valence-corrected chi connectivity index (χ4v) is 7.07. The smallest absolute Gasteiger partial charge is 0.310 e. The maximum atomic E-state index is 12.5. The van der Waals surface area contributed by atoms with Crippen LogP contribution >= 0.6 is 0 Å². The number of likely N-dealkylation sites (tertiary alicyclic amines) is 1. The summed E-state index contributed by atoms with van der Waals surface area (Å²) in [5, 5.41) is 13.8. The van der Waals surface area contributed by atoms with Gasteiger partial charge in [0, 0.05) is 26.6 Å². The number of carbonyl (C=O) groups is 2. The molecule has 2 N–H and O–H groups in total. The number of benzene rings is 1. The molecule has 1 atom stereocenters. The number of carboxylic acids is 1. The molecule has 1 aromatic carbocycles. The molecule has 1 amide bonds. The summed E-state index contributed by atoms with van der Waals surface area (Å²) in [4.78, 5) is 28.8. The highest BCUT2D eigenvalue weighted by atomic mass is 16.4. The second-order valence-corrected chi connectivity index (χ2v) is 10.3. The predicted octanol–water partition coefficient (Wildman–Crippen LogP) is 4.27. The maximum Gasteiger partial charge on any atom is 0.310 e. The molecule has 0 bridgehead atoms. The largest absolute Gasteiger partial charge is 0.481 e. The van der Waals surface area contributed by atoms with Crippen molar-refractivity contribution in [1.82, 2.24) is 4.90 Å². The number of hydrogen-bond donors (Lipinski definition) is 2. The Labute approximate surface area is 185 Å². The monoisotopic (exact) mass is 425 g/mol. The molecule has 6 heteroatoms. The molecule has 1 saturated heterocycles. The number of piperidine rings is 1. The number of fused-ring (bicyclic) bond motifs is 1. The van der Waals surface area contributed by atoms with Crippen LogP contribution in [-0.2, 0) is 9.59 Å². The molecular formula is C25H35N3O3. The van der Waals surface area contributed by atoms with Crippen LogP contribution in [0.4, 0.5) is 11.4 Å². The number of amides is 1. The van der Waals surface area contributed by atoms with E-state index in [2.05, 4.69) is 35.5 Å². The molecule has 0 unspecified atom stereocenters. The molecule has 168 valence electrons. The number of carboxylic acid groups (broad SMARTS) is 1. The normalized spacial score (nSPS) is 31.3. The average molecular weight is 426 g/mol. The predicted molar refractivity (Wildman–Crippen MR) is 121 cm³/mol. The van der Waals surface area contributed by atoms with Crippen LogP contribution in [0.3, 0.4) is 0 Å². The Kier molecular flexibility index (Phi) is 4.94. The quantitative estimate of drug-likeness (QED) is 0.754. The molecule has 4 aliphatic rings. The van der Waals surface area contributed by atoms with Crippen molar-refractivity contribution in [1.29, 1.82) is 0 Å². The second-order valence-electron chi connectivity index (χ2n) is 10.3. The zero-order valence-electron chi connectivity index (χ0n) is 18.8. The van der Waals surface area contributed by atoms with Gasteiger partial charge in [-0.05, 0) is 79.9 Å². The van der Waals surface area contributed by atoms with E-state index in [-0.39, 0.29) is 17.2 Å². The van der Waals surface area contributed by atoms with Crippen molar-refractivity contribution in [3.8, 4) is 0 Å². The number of hydrogen-bond acceptors (Lipinski definition) is 4. The highest BCUT2D eigenvalue weighted by Gasteiger charge is 2.74. The van der Waals surface area contributed by atoms with E-state index < -0.39 is 11.4 Å². The molecule has 2 heterocycles. The van der Waals surface area contributed by atoms with E-state index in [4.69, 9.17) is 0 Å². The highest BCUT2D eigenvalue weighted by molar-refractivity contribution is 5.81. The molecule has 6 nitrogen and oxygen atoms in total. The van der Waals surface area contributed by atoms with Gasteiger partial charge >= 0.3 is 5.97 Å². The van der Waals surface area contributed by atoms with Crippen molar-refractivity contribution in [2.24, 2.45) is 16.7 Å². The number of aliphatic carboxylic acids is 1. The van der Waals surface area contributed by atoms with Gasteiger partial charge in [0.15, 0.2) is 0 Å². The minimum atomic E-state index is -0.587. The van der Waals surface area contributed by atoms with Gasteiger partial charge in [0.05, 0.1) is 23.5 Å². The third-order valence-electron chi connectivity index (χ3n) is 9.03. The lowest BCUT2D eigenvalue weighted by Gasteiger charge is -2.39. The van der Waals surface area contributed by atoms with E-state index in [0.717, 1.165) is 64.7 Å². The van der Waals surface area contributed by atoms with Gasteiger partial charge in [-0.3, -0.25) is 9.59 Å². The first-order chi connectivity index (χ1) is 14.9. The number of carbonyl (C=O) groups excluding carboxylic acids is 1. The van der Waals surface area contributed by atoms with Crippen LogP contribution in [0.2, 0.25) is 0 Å². The molecule has 2 aliphatic heterocycles. The van der Waals surface area contributed by atoms with E-state index in [1.165, 1.54) is 16.9 Å². The van der Waals surface area contributed by atoms with Crippen molar-refractivity contribution in [2.45, 2.75) is 64.2 Å². The van der Waals surface area contributed by atoms with E-state index in [1.54, 1.807) is 0 Å². The molecule has 5 rings (SSSR count). The number of rotatable bonds is 4. The van der Waals surface area contributed by atoms with Gasteiger partial charge in [-0.25, -0.2) is 0 Å².